The summed E-state index contributed by atoms with van der Waals surface area (Å²) in [5, 5.41) is 0.0200. The number of thioether (sulfide) groups is 1. The summed E-state index contributed by atoms with van der Waals surface area (Å²) in [5.41, 5.74) is 0.569. The van der Waals surface area contributed by atoms with E-state index in [-0.39, 0.29) is 17.0 Å². The third kappa shape index (κ3) is 6.75. The number of rotatable bonds is 5. The van der Waals surface area contributed by atoms with Crippen LogP contribution in [-0.4, -0.2) is 22.4 Å². The van der Waals surface area contributed by atoms with Gasteiger partial charge in [-0.15, -0.1) is 0 Å². The second-order valence-electron chi connectivity index (χ2n) is 5.72. The van der Waals surface area contributed by atoms with Gasteiger partial charge in [0.05, 0.1) is 5.92 Å². The fourth-order valence-corrected chi connectivity index (χ4v) is 2.40. The minimum absolute atomic E-state index is 0.0200. The van der Waals surface area contributed by atoms with Crippen molar-refractivity contribution in [3.05, 3.63) is 35.9 Å². The fraction of sp³-hybridized carbons (Fsp3) is 0.500. The van der Waals surface area contributed by atoms with Crippen molar-refractivity contribution in [1.29, 1.82) is 0 Å². The molecule has 0 bridgehead atoms. The Hall–Kier alpha value is -1.29. The maximum Gasteiger partial charge on any atom is 0.310 e. The Morgan fingerprint density at radius 2 is 1.80 bits per heavy atom. The lowest BCUT2D eigenvalue weighted by Gasteiger charge is -2.23. The third-order valence-electron chi connectivity index (χ3n) is 2.55. The molecule has 0 heterocycles. The van der Waals surface area contributed by atoms with Crippen LogP contribution >= 0.6 is 11.8 Å². The molecule has 0 aliphatic heterocycles. The van der Waals surface area contributed by atoms with E-state index < -0.39 is 5.60 Å². The molecule has 110 valence electrons. The number of hydrogen-bond donors (Lipinski definition) is 0. The van der Waals surface area contributed by atoms with Gasteiger partial charge in [0.25, 0.3) is 0 Å². The molecule has 0 N–H and O–H groups in total. The summed E-state index contributed by atoms with van der Waals surface area (Å²) >= 11 is 1.17. The molecule has 0 radical (unpaired) electrons. The Morgan fingerprint density at radius 1 is 1.20 bits per heavy atom. The van der Waals surface area contributed by atoms with Crippen LogP contribution in [0, 0.1) is 5.92 Å². The van der Waals surface area contributed by atoms with Crippen molar-refractivity contribution < 1.29 is 14.3 Å². The van der Waals surface area contributed by atoms with Crippen LogP contribution in [0.5, 0.6) is 0 Å². The molecule has 0 aliphatic carbocycles. The van der Waals surface area contributed by atoms with Gasteiger partial charge in [0, 0.05) is 12.7 Å². The predicted molar refractivity (Wildman–Crippen MR) is 82.6 cm³/mol. The van der Waals surface area contributed by atoms with Crippen molar-refractivity contribution in [2.24, 2.45) is 5.92 Å². The SMILES string of the molecule is CC(=O)SCC(Cc1ccccc1)C(=O)OC(C)(C)C. The highest BCUT2D eigenvalue weighted by Gasteiger charge is 2.25. The second kappa shape index (κ2) is 7.48. The smallest absolute Gasteiger partial charge is 0.310 e. The van der Waals surface area contributed by atoms with E-state index in [1.165, 1.54) is 18.7 Å². The maximum absolute atomic E-state index is 12.2. The lowest BCUT2D eigenvalue weighted by Crippen LogP contribution is -2.31. The van der Waals surface area contributed by atoms with Crippen molar-refractivity contribution >= 4 is 22.8 Å². The highest BCUT2D eigenvalue weighted by molar-refractivity contribution is 8.13. The first-order valence-corrected chi connectivity index (χ1v) is 7.66. The lowest BCUT2D eigenvalue weighted by molar-refractivity contribution is -0.159. The molecule has 1 aromatic rings. The standard InChI is InChI=1S/C16H22O3S/c1-12(17)20-11-14(15(18)19-16(2,3)4)10-13-8-6-5-7-9-13/h5-9,14H,10-11H2,1-4H3. The third-order valence-corrected chi connectivity index (χ3v) is 3.53. The number of benzene rings is 1. The quantitative estimate of drug-likeness (QED) is 0.780. The molecule has 0 fully saturated rings. The largest absolute Gasteiger partial charge is 0.460 e. The van der Waals surface area contributed by atoms with Crippen molar-refractivity contribution in [3.8, 4) is 0 Å². The topological polar surface area (TPSA) is 43.4 Å². The molecule has 4 heteroatoms. The summed E-state index contributed by atoms with van der Waals surface area (Å²) in [6.45, 7) is 7.06. The second-order valence-corrected chi connectivity index (χ2v) is 6.92. The number of carbonyl (C=O) groups excluding carboxylic acids is 2. The molecule has 0 saturated heterocycles. The van der Waals surface area contributed by atoms with E-state index >= 15 is 0 Å². The minimum Gasteiger partial charge on any atom is -0.460 e. The van der Waals surface area contributed by atoms with E-state index in [1.54, 1.807) is 0 Å². The highest BCUT2D eigenvalue weighted by Crippen LogP contribution is 2.20. The predicted octanol–water partition coefficient (Wildman–Crippen LogP) is 3.47. The van der Waals surface area contributed by atoms with Crippen LogP contribution in [-0.2, 0) is 20.7 Å². The van der Waals surface area contributed by atoms with Crippen molar-refractivity contribution in [1.82, 2.24) is 0 Å². The van der Waals surface area contributed by atoms with Gasteiger partial charge < -0.3 is 4.74 Å². The van der Waals surface area contributed by atoms with Crippen LogP contribution in [0.25, 0.3) is 0 Å². The molecule has 1 atom stereocenters. The van der Waals surface area contributed by atoms with Crippen LogP contribution in [0.4, 0.5) is 0 Å². The minimum atomic E-state index is -0.507. The molecule has 0 aromatic heterocycles. The zero-order valence-electron chi connectivity index (χ0n) is 12.5. The first-order chi connectivity index (χ1) is 9.28. The molecular weight excluding hydrogens is 272 g/mol. The van der Waals surface area contributed by atoms with E-state index in [2.05, 4.69) is 0 Å². The van der Waals surface area contributed by atoms with E-state index in [0.717, 1.165) is 5.56 Å². The Morgan fingerprint density at radius 3 is 2.30 bits per heavy atom. The Labute approximate surface area is 125 Å². The zero-order valence-corrected chi connectivity index (χ0v) is 13.3. The number of esters is 1. The molecule has 20 heavy (non-hydrogen) atoms. The first kappa shape index (κ1) is 16.8. The number of ether oxygens (including phenoxy) is 1. The summed E-state index contributed by atoms with van der Waals surface area (Å²) in [6.07, 6.45) is 0.593. The van der Waals surface area contributed by atoms with Gasteiger partial charge in [-0.2, -0.15) is 0 Å². The Kier molecular flexibility index (Phi) is 6.27. The fourth-order valence-electron chi connectivity index (χ4n) is 1.71. The molecule has 0 spiro atoms. The van der Waals surface area contributed by atoms with Gasteiger partial charge in [-0.25, -0.2) is 0 Å². The van der Waals surface area contributed by atoms with Gasteiger partial charge in [-0.05, 0) is 32.8 Å². The Bertz CT molecular complexity index is 449. The molecule has 0 aliphatic rings. The summed E-state index contributed by atoms with van der Waals surface area (Å²) in [5.74, 6) is -0.0836. The van der Waals surface area contributed by atoms with E-state index in [1.807, 2.05) is 51.1 Å². The van der Waals surface area contributed by atoms with E-state index in [9.17, 15) is 9.59 Å². The molecule has 1 rings (SSSR count). The van der Waals surface area contributed by atoms with Crippen molar-refractivity contribution in [2.45, 2.75) is 39.7 Å². The summed E-state index contributed by atoms with van der Waals surface area (Å²) < 4.78 is 5.44. The first-order valence-electron chi connectivity index (χ1n) is 6.68. The summed E-state index contributed by atoms with van der Waals surface area (Å²) in [7, 11) is 0. The molecule has 3 nitrogen and oxygen atoms in total. The van der Waals surface area contributed by atoms with Gasteiger partial charge in [0.2, 0.25) is 0 Å². The van der Waals surface area contributed by atoms with Crippen LogP contribution in [0.2, 0.25) is 0 Å². The van der Waals surface area contributed by atoms with Crippen LogP contribution in [0.15, 0.2) is 30.3 Å². The average molecular weight is 294 g/mol. The maximum atomic E-state index is 12.2. The number of carbonyl (C=O) groups is 2. The van der Waals surface area contributed by atoms with Gasteiger partial charge in [-0.3, -0.25) is 9.59 Å². The Balaban J connectivity index is 2.74. The lowest BCUT2D eigenvalue weighted by atomic mass is 10.0. The van der Waals surface area contributed by atoms with E-state index in [4.69, 9.17) is 4.74 Å². The number of hydrogen-bond acceptors (Lipinski definition) is 4. The average Bonchev–Trinajstić information content (AvgIpc) is 2.33. The molecule has 1 unspecified atom stereocenters. The zero-order chi connectivity index (χ0) is 15.2. The molecular formula is C16H22O3S. The normalized spacial score (nSPS) is 12.8. The summed E-state index contributed by atoms with van der Waals surface area (Å²) in [6, 6.07) is 9.79. The van der Waals surface area contributed by atoms with Gasteiger partial charge in [0.1, 0.15) is 5.60 Å². The van der Waals surface area contributed by atoms with Gasteiger partial charge >= 0.3 is 5.97 Å². The van der Waals surface area contributed by atoms with Crippen molar-refractivity contribution in [2.75, 3.05) is 5.75 Å². The van der Waals surface area contributed by atoms with Gasteiger partial charge in [-0.1, -0.05) is 42.1 Å². The van der Waals surface area contributed by atoms with Crippen LogP contribution in [0.1, 0.15) is 33.3 Å². The van der Waals surface area contributed by atoms with E-state index in [0.29, 0.717) is 12.2 Å². The van der Waals surface area contributed by atoms with Crippen molar-refractivity contribution in [3.63, 3.8) is 0 Å². The summed E-state index contributed by atoms with van der Waals surface area (Å²) in [4.78, 5) is 23.3. The molecule has 1 aromatic carbocycles. The molecule has 0 saturated carbocycles. The monoisotopic (exact) mass is 294 g/mol. The van der Waals surface area contributed by atoms with Crippen LogP contribution < -0.4 is 0 Å². The van der Waals surface area contributed by atoms with Gasteiger partial charge in [0.15, 0.2) is 5.12 Å². The highest BCUT2D eigenvalue weighted by atomic mass is 32.2. The van der Waals surface area contributed by atoms with Crippen LogP contribution in [0.3, 0.4) is 0 Å². The molecule has 0 amide bonds.